The van der Waals surface area contributed by atoms with E-state index in [-0.39, 0.29) is 17.0 Å². The van der Waals surface area contributed by atoms with Gasteiger partial charge in [0.15, 0.2) is 0 Å². The first-order valence-electron chi connectivity index (χ1n) is 9.17. The van der Waals surface area contributed by atoms with Crippen LogP contribution in [0.4, 0.5) is 10.1 Å². The van der Waals surface area contributed by atoms with Crippen molar-refractivity contribution in [2.75, 3.05) is 38.1 Å². The highest BCUT2D eigenvalue weighted by Crippen LogP contribution is 2.39. The molecule has 0 spiro atoms. The van der Waals surface area contributed by atoms with Gasteiger partial charge in [-0.3, -0.25) is 9.69 Å². The molecule has 2 aromatic rings. The number of halogens is 1. The van der Waals surface area contributed by atoms with Crippen LogP contribution >= 0.6 is 0 Å². The maximum Gasteiger partial charge on any atom is 0.341 e. The van der Waals surface area contributed by atoms with Crippen LogP contribution in [0.3, 0.4) is 0 Å². The van der Waals surface area contributed by atoms with Crippen LogP contribution in [0.1, 0.15) is 29.2 Å². The zero-order valence-corrected chi connectivity index (χ0v) is 15.0. The molecule has 0 atom stereocenters. The lowest BCUT2D eigenvalue weighted by Crippen LogP contribution is -2.28. The summed E-state index contributed by atoms with van der Waals surface area (Å²) in [5.74, 6) is -1.75. The van der Waals surface area contributed by atoms with Crippen molar-refractivity contribution in [1.29, 1.82) is 0 Å². The molecule has 2 aliphatic heterocycles. The van der Waals surface area contributed by atoms with Crippen LogP contribution in [-0.2, 0) is 0 Å². The van der Waals surface area contributed by atoms with Gasteiger partial charge in [-0.05, 0) is 43.2 Å². The number of benzene rings is 1. The smallest absolute Gasteiger partial charge is 0.341 e. The van der Waals surface area contributed by atoms with Gasteiger partial charge in [0.05, 0.1) is 11.2 Å². The number of carboxylic acid groups (broad SMARTS) is 1. The first kappa shape index (κ1) is 16.5. The molecular formula is C20H20FN3O3. The molecule has 140 valence electrons. The minimum atomic E-state index is -1.27. The Morgan fingerprint density at radius 3 is 2.41 bits per heavy atom. The highest BCUT2D eigenvalue weighted by atomic mass is 19.1. The highest BCUT2D eigenvalue weighted by Gasteiger charge is 2.31. The summed E-state index contributed by atoms with van der Waals surface area (Å²) >= 11 is 0. The molecule has 0 unspecified atom stereocenters. The molecule has 3 heterocycles. The van der Waals surface area contributed by atoms with E-state index in [2.05, 4.69) is 11.9 Å². The Hall–Kier alpha value is -2.67. The summed E-state index contributed by atoms with van der Waals surface area (Å²) in [5, 5.41) is 9.48. The van der Waals surface area contributed by atoms with Crippen molar-refractivity contribution in [2.45, 2.75) is 18.9 Å². The lowest BCUT2D eigenvalue weighted by atomic mass is 10.1. The lowest BCUT2D eigenvalue weighted by Gasteiger charge is -2.24. The molecule has 1 aromatic carbocycles. The monoisotopic (exact) mass is 369 g/mol. The zero-order valence-electron chi connectivity index (χ0n) is 15.0. The first-order valence-corrected chi connectivity index (χ1v) is 9.17. The SMILES string of the molecule is CN1CC2=C(C1)CN(c1cc3c(cc1F)c(=O)c(C(=O)O)cn3C1CC1)C2. The van der Waals surface area contributed by atoms with Crippen LogP contribution in [0.15, 0.2) is 34.3 Å². The second-order valence-corrected chi connectivity index (χ2v) is 7.87. The van der Waals surface area contributed by atoms with E-state index in [9.17, 15) is 19.1 Å². The second-order valence-electron chi connectivity index (χ2n) is 7.87. The van der Waals surface area contributed by atoms with Crippen LogP contribution in [-0.4, -0.2) is 53.8 Å². The van der Waals surface area contributed by atoms with Gasteiger partial charge in [0.25, 0.3) is 0 Å². The Kier molecular flexibility index (Phi) is 3.46. The number of carbonyl (C=O) groups is 1. The number of likely N-dealkylation sites (N-methyl/N-ethyl adjacent to an activating group) is 1. The molecule has 0 saturated heterocycles. The quantitative estimate of drug-likeness (QED) is 0.841. The third-order valence-electron chi connectivity index (χ3n) is 5.80. The molecule has 1 saturated carbocycles. The van der Waals surface area contributed by atoms with E-state index in [0.29, 0.717) is 24.3 Å². The normalized spacial score (nSPS) is 20.0. The van der Waals surface area contributed by atoms with Gasteiger partial charge in [-0.2, -0.15) is 0 Å². The number of aromatic carboxylic acids is 1. The number of pyridine rings is 1. The Labute approximate surface area is 155 Å². The van der Waals surface area contributed by atoms with Crippen molar-refractivity contribution in [3.63, 3.8) is 0 Å². The van der Waals surface area contributed by atoms with Crippen molar-refractivity contribution in [2.24, 2.45) is 0 Å². The summed E-state index contributed by atoms with van der Waals surface area (Å²) in [7, 11) is 2.08. The lowest BCUT2D eigenvalue weighted by molar-refractivity contribution is 0.0695. The van der Waals surface area contributed by atoms with Gasteiger partial charge in [0.2, 0.25) is 5.43 Å². The van der Waals surface area contributed by atoms with Gasteiger partial charge in [0.1, 0.15) is 11.4 Å². The molecule has 1 aliphatic carbocycles. The highest BCUT2D eigenvalue weighted by molar-refractivity contribution is 5.93. The summed E-state index contributed by atoms with van der Waals surface area (Å²) in [4.78, 5) is 28.3. The summed E-state index contributed by atoms with van der Waals surface area (Å²) < 4.78 is 16.8. The Bertz CT molecular complexity index is 1070. The van der Waals surface area contributed by atoms with E-state index in [1.165, 1.54) is 23.4 Å². The first-order chi connectivity index (χ1) is 12.9. The summed E-state index contributed by atoms with van der Waals surface area (Å²) in [6, 6.07) is 3.12. The molecule has 0 bridgehead atoms. The van der Waals surface area contributed by atoms with Crippen molar-refractivity contribution < 1.29 is 14.3 Å². The third kappa shape index (κ3) is 2.56. The van der Waals surface area contributed by atoms with E-state index in [1.54, 1.807) is 6.07 Å². The molecule has 5 rings (SSSR count). The van der Waals surface area contributed by atoms with E-state index in [1.807, 2.05) is 9.47 Å². The Morgan fingerprint density at radius 2 is 1.81 bits per heavy atom. The minimum Gasteiger partial charge on any atom is -0.477 e. The van der Waals surface area contributed by atoms with Gasteiger partial charge in [0, 0.05) is 43.8 Å². The van der Waals surface area contributed by atoms with E-state index in [4.69, 9.17) is 0 Å². The van der Waals surface area contributed by atoms with E-state index < -0.39 is 17.2 Å². The third-order valence-corrected chi connectivity index (χ3v) is 5.80. The van der Waals surface area contributed by atoms with E-state index in [0.717, 1.165) is 25.9 Å². The Morgan fingerprint density at radius 1 is 1.15 bits per heavy atom. The minimum absolute atomic E-state index is 0.141. The summed E-state index contributed by atoms with van der Waals surface area (Å²) in [5.41, 5.74) is 2.87. The average Bonchev–Trinajstić information content (AvgIpc) is 3.29. The molecule has 1 fully saturated rings. The average molecular weight is 369 g/mol. The molecule has 1 aromatic heterocycles. The molecule has 0 radical (unpaired) electrons. The van der Waals surface area contributed by atoms with Gasteiger partial charge in [-0.1, -0.05) is 0 Å². The van der Waals surface area contributed by atoms with E-state index >= 15 is 0 Å². The van der Waals surface area contributed by atoms with Gasteiger partial charge in [-0.25, -0.2) is 9.18 Å². The van der Waals surface area contributed by atoms with Gasteiger partial charge in [-0.15, -0.1) is 0 Å². The predicted octanol–water partition coefficient (Wildman–Crippen LogP) is 2.24. The maximum absolute atomic E-state index is 14.9. The summed E-state index contributed by atoms with van der Waals surface area (Å²) in [6.07, 6.45) is 3.30. The molecule has 27 heavy (non-hydrogen) atoms. The Balaban J connectivity index is 1.63. The number of hydrogen-bond donors (Lipinski definition) is 1. The number of nitrogens with zero attached hydrogens (tertiary/aromatic N) is 3. The van der Waals surface area contributed by atoms with Crippen LogP contribution in [0, 0.1) is 5.82 Å². The largest absolute Gasteiger partial charge is 0.477 e. The van der Waals surface area contributed by atoms with Gasteiger partial charge < -0.3 is 14.6 Å². The molecule has 0 amide bonds. The molecule has 7 heteroatoms. The molecular weight excluding hydrogens is 349 g/mol. The van der Waals surface area contributed by atoms with Crippen LogP contribution in [0.5, 0.6) is 0 Å². The van der Waals surface area contributed by atoms with Crippen LogP contribution in [0.2, 0.25) is 0 Å². The van der Waals surface area contributed by atoms with Crippen molar-refractivity contribution in [3.8, 4) is 0 Å². The summed E-state index contributed by atoms with van der Waals surface area (Å²) in [6.45, 7) is 3.22. The van der Waals surface area contributed by atoms with Crippen molar-refractivity contribution in [1.82, 2.24) is 9.47 Å². The fraction of sp³-hybridized carbons (Fsp3) is 0.400. The number of aromatic nitrogens is 1. The number of fused-ring (bicyclic) bond motifs is 1. The number of rotatable bonds is 3. The fourth-order valence-corrected chi connectivity index (χ4v) is 4.35. The zero-order chi connectivity index (χ0) is 18.9. The number of hydrogen-bond acceptors (Lipinski definition) is 4. The van der Waals surface area contributed by atoms with Gasteiger partial charge >= 0.3 is 5.97 Å². The molecule has 6 nitrogen and oxygen atoms in total. The predicted molar refractivity (Wildman–Crippen MR) is 100 cm³/mol. The van der Waals surface area contributed by atoms with Crippen molar-refractivity contribution in [3.05, 3.63) is 51.1 Å². The van der Waals surface area contributed by atoms with Crippen LogP contribution in [0.25, 0.3) is 10.9 Å². The molecule has 3 aliphatic rings. The number of anilines is 1. The topological polar surface area (TPSA) is 65.8 Å². The standard InChI is InChI=1S/C20H20FN3O3/c1-22-6-11-8-23(9-12(11)7-22)18-5-17-14(4-16(18)21)19(25)15(20(26)27)10-24(17)13-2-3-13/h4-5,10,13H,2-3,6-9H2,1H3,(H,26,27). The van der Waals surface area contributed by atoms with Crippen molar-refractivity contribution >= 4 is 22.6 Å². The second kappa shape index (κ2) is 5.66. The fourth-order valence-electron chi connectivity index (χ4n) is 4.35. The molecule has 1 N–H and O–H groups in total. The van der Waals surface area contributed by atoms with Crippen LogP contribution < -0.4 is 10.3 Å². The maximum atomic E-state index is 14.9. The number of carboxylic acids is 1.